The lowest BCUT2D eigenvalue weighted by Crippen LogP contribution is -2.45. The number of nitrogens with zero attached hydrogens (tertiary/aromatic N) is 2. The van der Waals surface area contributed by atoms with Crippen LogP contribution in [-0.4, -0.2) is 20.8 Å². The number of anilines is 1. The van der Waals surface area contributed by atoms with Gasteiger partial charge in [0.25, 0.3) is 5.91 Å². The van der Waals surface area contributed by atoms with E-state index in [9.17, 15) is 14.0 Å². The molecule has 0 aliphatic heterocycles. The number of hydrogen-bond acceptors (Lipinski definition) is 4. The van der Waals surface area contributed by atoms with Crippen LogP contribution in [0, 0.1) is 12.7 Å². The second-order valence-electron chi connectivity index (χ2n) is 5.90. The minimum Gasteiger partial charge on any atom is -0.329 e. The Balaban J connectivity index is 1.74. The highest BCUT2D eigenvalue weighted by molar-refractivity contribution is 7.80. The van der Waals surface area contributed by atoms with Crippen LogP contribution in [-0.2, 0) is 0 Å². The molecular weight excluding hydrogens is 417 g/mol. The standard InChI is InChI=1S/C19H15ClFN5O2S/c1-11-10-16(27)17(25-26(11)13-8-6-12(20)7-9-13)18(28)23-24-19(29)22-15-5-3-2-4-14(15)21/h2-10H,1H3,(H,23,28)(H2,22,24,29). The molecule has 1 aromatic heterocycles. The molecule has 3 aromatic rings. The van der Waals surface area contributed by atoms with E-state index in [1.54, 1.807) is 37.3 Å². The Morgan fingerprint density at radius 1 is 1.14 bits per heavy atom. The number of benzene rings is 2. The summed E-state index contributed by atoms with van der Waals surface area (Å²) in [5.41, 5.74) is 5.10. The van der Waals surface area contributed by atoms with Crippen molar-refractivity contribution >= 4 is 40.5 Å². The first kappa shape index (κ1) is 20.4. The summed E-state index contributed by atoms with van der Waals surface area (Å²) in [6.45, 7) is 1.69. The van der Waals surface area contributed by atoms with Crippen LogP contribution < -0.4 is 21.6 Å². The molecule has 2 aromatic carbocycles. The molecule has 0 radical (unpaired) electrons. The van der Waals surface area contributed by atoms with Crippen LogP contribution in [0.3, 0.4) is 0 Å². The van der Waals surface area contributed by atoms with Crippen molar-refractivity contribution in [1.82, 2.24) is 20.6 Å². The number of aryl methyl sites for hydroxylation is 1. The summed E-state index contributed by atoms with van der Waals surface area (Å²) in [7, 11) is 0. The van der Waals surface area contributed by atoms with E-state index in [1.807, 2.05) is 0 Å². The molecule has 0 saturated carbocycles. The molecular formula is C19H15ClFN5O2S. The summed E-state index contributed by atoms with van der Waals surface area (Å²) < 4.78 is 15.1. The molecule has 10 heteroatoms. The van der Waals surface area contributed by atoms with Gasteiger partial charge in [-0.1, -0.05) is 23.7 Å². The molecule has 0 bridgehead atoms. The van der Waals surface area contributed by atoms with Gasteiger partial charge in [-0.2, -0.15) is 5.10 Å². The number of rotatable bonds is 3. The SMILES string of the molecule is Cc1cc(=O)c(C(=O)NNC(=S)Nc2ccccc2F)nn1-c1ccc(Cl)cc1. The van der Waals surface area contributed by atoms with Gasteiger partial charge in [0.15, 0.2) is 10.8 Å². The molecule has 3 rings (SSSR count). The van der Waals surface area contributed by atoms with Crippen molar-refractivity contribution in [2.24, 2.45) is 0 Å². The van der Waals surface area contributed by atoms with Gasteiger partial charge in [0, 0.05) is 16.8 Å². The number of hydrogen-bond donors (Lipinski definition) is 3. The molecule has 29 heavy (non-hydrogen) atoms. The lowest BCUT2D eigenvalue weighted by Gasteiger charge is -2.13. The molecule has 0 fully saturated rings. The third-order valence-electron chi connectivity index (χ3n) is 3.81. The van der Waals surface area contributed by atoms with Gasteiger partial charge in [-0.05, 0) is 55.5 Å². The number of thiocarbonyl (C=S) groups is 1. The first-order valence-electron chi connectivity index (χ1n) is 8.34. The number of nitrogens with one attached hydrogen (secondary N) is 3. The lowest BCUT2D eigenvalue weighted by atomic mass is 10.3. The van der Waals surface area contributed by atoms with Gasteiger partial charge in [-0.3, -0.25) is 20.4 Å². The van der Waals surface area contributed by atoms with Crippen molar-refractivity contribution in [2.75, 3.05) is 5.32 Å². The summed E-state index contributed by atoms with van der Waals surface area (Å²) >= 11 is 10.9. The molecule has 0 unspecified atom stereocenters. The Labute approximate surface area is 175 Å². The van der Waals surface area contributed by atoms with Crippen LogP contribution in [0.15, 0.2) is 59.4 Å². The maximum absolute atomic E-state index is 13.6. The monoisotopic (exact) mass is 431 g/mol. The molecule has 0 aliphatic rings. The second kappa shape index (κ2) is 8.80. The fourth-order valence-corrected chi connectivity index (χ4v) is 2.72. The van der Waals surface area contributed by atoms with E-state index < -0.39 is 17.2 Å². The average molecular weight is 432 g/mol. The Hall–Kier alpha value is -3.30. The zero-order valence-electron chi connectivity index (χ0n) is 15.1. The van der Waals surface area contributed by atoms with Crippen LogP contribution in [0.2, 0.25) is 5.02 Å². The van der Waals surface area contributed by atoms with Gasteiger partial charge < -0.3 is 5.32 Å². The average Bonchev–Trinajstić information content (AvgIpc) is 2.69. The van der Waals surface area contributed by atoms with Gasteiger partial charge in [0.1, 0.15) is 5.82 Å². The summed E-state index contributed by atoms with van der Waals surface area (Å²) in [6, 6.07) is 14.0. The first-order valence-corrected chi connectivity index (χ1v) is 9.12. The zero-order chi connectivity index (χ0) is 21.0. The molecule has 1 heterocycles. The third-order valence-corrected chi connectivity index (χ3v) is 4.26. The van der Waals surface area contributed by atoms with Crippen molar-refractivity contribution in [3.8, 4) is 5.69 Å². The van der Waals surface area contributed by atoms with Crippen molar-refractivity contribution in [1.29, 1.82) is 0 Å². The van der Waals surface area contributed by atoms with Crippen molar-refractivity contribution in [3.05, 3.63) is 87.0 Å². The topological polar surface area (TPSA) is 88.1 Å². The highest BCUT2D eigenvalue weighted by atomic mass is 35.5. The van der Waals surface area contributed by atoms with E-state index in [-0.39, 0.29) is 16.5 Å². The lowest BCUT2D eigenvalue weighted by molar-refractivity contribution is 0.0936. The maximum atomic E-state index is 13.6. The molecule has 0 atom stereocenters. The molecule has 148 valence electrons. The molecule has 3 N–H and O–H groups in total. The van der Waals surface area contributed by atoms with Gasteiger partial charge in [0.2, 0.25) is 5.43 Å². The maximum Gasteiger partial charge on any atom is 0.294 e. The number of halogens is 2. The summed E-state index contributed by atoms with van der Waals surface area (Å²) in [6.07, 6.45) is 0. The van der Waals surface area contributed by atoms with Crippen LogP contribution in [0.5, 0.6) is 0 Å². The number of carbonyl (C=O) groups excluding carboxylic acids is 1. The number of para-hydroxylation sites is 1. The zero-order valence-corrected chi connectivity index (χ0v) is 16.6. The van der Waals surface area contributed by atoms with Gasteiger partial charge in [-0.25, -0.2) is 9.07 Å². The minimum atomic E-state index is -0.796. The first-order chi connectivity index (χ1) is 13.8. The largest absolute Gasteiger partial charge is 0.329 e. The third kappa shape index (κ3) is 4.95. The Morgan fingerprint density at radius 3 is 2.52 bits per heavy atom. The van der Waals surface area contributed by atoms with Gasteiger partial charge >= 0.3 is 0 Å². The number of hydrazine groups is 1. The Morgan fingerprint density at radius 2 is 1.83 bits per heavy atom. The molecule has 1 amide bonds. The smallest absolute Gasteiger partial charge is 0.294 e. The number of amides is 1. The van der Waals surface area contributed by atoms with Crippen LogP contribution in [0.4, 0.5) is 10.1 Å². The highest BCUT2D eigenvalue weighted by Crippen LogP contribution is 2.14. The fraction of sp³-hybridized carbons (Fsp3) is 0.0526. The minimum absolute atomic E-state index is 0.0615. The molecule has 0 aliphatic carbocycles. The quantitative estimate of drug-likeness (QED) is 0.436. The predicted molar refractivity (Wildman–Crippen MR) is 113 cm³/mol. The fourth-order valence-electron chi connectivity index (χ4n) is 2.44. The van der Waals surface area contributed by atoms with Gasteiger partial charge in [0.05, 0.1) is 11.4 Å². The summed E-state index contributed by atoms with van der Waals surface area (Å²) in [4.78, 5) is 24.6. The van der Waals surface area contributed by atoms with Crippen LogP contribution in [0.25, 0.3) is 5.69 Å². The van der Waals surface area contributed by atoms with Crippen LogP contribution in [0.1, 0.15) is 16.2 Å². The predicted octanol–water partition coefficient (Wildman–Crippen LogP) is 2.96. The van der Waals surface area contributed by atoms with E-state index in [2.05, 4.69) is 21.3 Å². The highest BCUT2D eigenvalue weighted by Gasteiger charge is 2.16. The number of aromatic nitrogens is 2. The van der Waals surface area contributed by atoms with E-state index in [1.165, 1.54) is 28.9 Å². The second-order valence-corrected chi connectivity index (χ2v) is 6.74. The van der Waals surface area contributed by atoms with E-state index in [0.29, 0.717) is 16.4 Å². The number of carbonyl (C=O) groups is 1. The normalized spacial score (nSPS) is 10.3. The van der Waals surface area contributed by atoms with Crippen molar-refractivity contribution in [2.45, 2.75) is 6.92 Å². The molecule has 0 saturated heterocycles. The Bertz CT molecular complexity index is 1130. The molecule has 0 spiro atoms. The van der Waals surface area contributed by atoms with E-state index >= 15 is 0 Å². The summed E-state index contributed by atoms with van der Waals surface area (Å²) in [5, 5.41) is 7.22. The van der Waals surface area contributed by atoms with E-state index in [0.717, 1.165) is 0 Å². The Kier molecular flexibility index (Phi) is 6.20. The van der Waals surface area contributed by atoms with Crippen molar-refractivity contribution in [3.63, 3.8) is 0 Å². The van der Waals surface area contributed by atoms with Crippen LogP contribution >= 0.6 is 23.8 Å². The van der Waals surface area contributed by atoms with Gasteiger partial charge in [-0.15, -0.1) is 0 Å². The summed E-state index contributed by atoms with van der Waals surface area (Å²) in [5.74, 6) is -1.30. The van der Waals surface area contributed by atoms with E-state index in [4.69, 9.17) is 23.8 Å². The molecule has 7 nitrogen and oxygen atoms in total. The van der Waals surface area contributed by atoms with Crippen molar-refractivity contribution < 1.29 is 9.18 Å².